The van der Waals surface area contributed by atoms with E-state index in [0.29, 0.717) is 18.0 Å². The lowest BCUT2D eigenvalue weighted by Gasteiger charge is -2.14. The highest BCUT2D eigenvalue weighted by atomic mass is 35.5. The number of nitrogens with one attached hydrogen (secondary N) is 1. The Morgan fingerprint density at radius 3 is 2.63 bits per heavy atom. The molecule has 4 nitrogen and oxygen atoms in total. The molecule has 0 unspecified atom stereocenters. The Hall–Kier alpha value is -1.50. The van der Waals surface area contributed by atoms with Gasteiger partial charge in [-0.1, -0.05) is 23.7 Å². The maximum atomic E-state index is 12.3. The lowest BCUT2D eigenvalue weighted by molar-refractivity contribution is -0.120. The molecule has 0 aromatic heterocycles. The number of thioether (sulfide) groups is 2. The molecule has 0 spiro atoms. The van der Waals surface area contributed by atoms with Gasteiger partial charge in [0.25, 0.3) is 0 Å². The lowest BCUT2D eigenvalue weighted by atomic mass is 10.2. The average Bonchev–Trinajstić information content (AvgIpc) is 2.67. The molecule has 0 aliphatic carbocycles. The molecule has 0 radical (unpaired) electrons. The number of halogens is 1. The van der Waals surface area contributed by atoms with Crippen molar-refractivity contribution in [3.8, 4) is 11.5 Å². The molecule has 0 aliphatic heterocycles. The number of methoxy groups -OCH3 is 2. The minimum absolute atomic E-state index is 0.0261. The van der Waals surface area contributed by atoms with Crippen LogP contribution in [0.4, 0.5) is 0 Å². The minimum atomic E-state index is -0.193. The van der Waals surface area contributed by atoms with Crippen molar-refractivity contribution >= 4 is 41.0 Å². The van der Waals surface area contributed by atoms with Crippen LogP contribution in [0.1, 0.15) is 12.5 Å². The first-order valence-corrected chi connectivity index (χ1v) is 10.9. The molecule has 2 rings (SSSR count). The summed E-state index contributed by atoms with van der Waals surface area (Å²) in [5.74, 6) is 3.10. The van der Waals surface area contributed by atoms with Gasteiger partial charge in [-0.15, -0.1) is 11.8 Å². The molecule has 7 heteroatoms. The van der Waals surface area contributed by atoms with Crippen LogP contribution >= 0.6 is 35.1 Å². The zero-order chi connectivity index (χ0) is 19.6. The number of rotatable bonds is 10. The molecular weight excluding hydrogens is 402 g/mol. The fourth-order valence-corrected chi connectivity index (χ4v) is 4.29. The van der Waals surface area contributed by atoms with Crippen LogP contribution in [0, 0.1) is 0 Å². The molecule has 0 aliphatic rings. The summed E-state index contributed by atoms with van der Waals surface area (Å²) in [6.07, 6.45) is 0. The van der Waals surface area contributed by atoms with Gasteiger partial charge in [0.2, 0.25) is 5.91 Å². The maximum absolute atomic E-state index is 12.3. The number of benzene rings is 2. The highest BCUT2D eigenvalue weighted by Crippen LogP contribution is 2.33. The van der Waals surface area contributed by atoms with E-state index in [1.165, 1.54) is 17.3 Å². The van der Waals surface area contributed by atoms with Crippen LogP contribution in [0.25, 0.3) is 0 Å². The molecular formula is C20H24ClNO3S2. The van der Waals surface area contributed by atoms with Gasteiger partial charge in [0.05, 0.1) is 19.5 Å². The van der Waals surface area contributed by atoms with Crippen molar-refractivity contribution in [1.82, 2.24) is 5.32 Å². The van der Waals surface area contributed by atoms with Crippen LogP contribution in [0.2, 0.25) is 5.02 Å². The van der Waals surface area contributed by atoms with E-state index in [1.807, 2.05) is 43.3 Å². The molecule has 2 aromatic rings. The van der Waals surface area contributed by atoms with Crippen molar-refractivity contribution in [1.29, 1.82) is 0 Å². The van der Waals surface area contributed by atoms with Gasteiger partial charge in [-0.25, -0.2) is 0 Å². The normalized spacial score (nSPS) is 11.7. The average molecular weight is 426 g/mol. The Labute approximate surface area is 174 Å². The van der Waals surface area contributed by atoms with Crippen LogP contribution in [0.5, 0.6) is 11.5 Å². The molecule has 146 valence electrons. The first-order valence-electron chi connectivity index (χ1n) is 8.52. The van der Waals surface area contributed by atoms with Crippen molar-refractivity contribution in [2.45, 2.75) is 22.8 Å². The standard InChI is InChI=1S/C20H24ClNO3S2/c1-14(27-17-7-8-18(24-2)19(12-17)25-3)20(23)22-9-10-26-13-15-5-4-6-16(21)11-15/h4-8,11-12,14H,9-10,13H2,1-3H3,(H,22,23)/t14-/m0/s1. The molecule has 27 heavy (non-hydrogen) atoms. The third-order valence-electron chi connectivity index (χ3n) is 3.74. The Morgan fingerprint density at radius 2 is 1.93 bits per heavy atom. The smallest absolute Gasteiger partial charge is 0.233 e. The lowest BCUT2D eigenvalue weighted by Crippen LogP contribution is -2.32. The molecule has 0 saturated carbocycles. The van der Waals surface area contributed by atoms with E-state index in [-0.39, 0.29) is 11.2 Å². The third-order valence-corrected chi connectivity index (χ3v) is 6.10. The Balaban J connectivity index is 1.72. The van der Waals surface area contributed by atoms with Crippen molar-refractivity contribution in [2.24, 2.45) is 0 Å². The quantitative estimate of drug-likeness (QED) is 0.434. The summed E-state index contributed by atoms with van der Waals surface area (Å²) in [6, 6.07) is 13.5. The Bertz CT molecular complexity index is 758. The van der Waals surface area contributed by atoms with Gasteiger partial charge < -0.3 is 14.8 Å². The summed E-state index contributed by atoms with van der Waals surface area (Å²) in [5.41, 5.74) is 1.19. The van der Waals surface area contributed by atoms with Crippen molar-refractivity contribution in [2.75, 3.05) is 26.5 Å². The van der Waals surface area contributed by atoms with Gasteiger partial charge in [0, 0.05) is 28.0 Å². The Kier molecular flexibility index (Phi) is 9.18. The zero-order valence-electron chi connectivity index (χ0n) is 15.7. The summed E-state index contributed by atoms with van der Waals surface area (Å²) in [7, 11) is 3.20. The Morgan fingerprint density at radius 1 is 1.15 bits per heavy atom. The van der Waals surface area contributed by atoms with E-state index < -0.39 is 0 Å². The van der Waals surface area contributed by atoms with E-state index in [1.54, 1.807) is 26.0 Å². The van der Waals surface area contributed by atoms with E-state index in [0.717, 1.165) is 21.4 Å². The molecule has 0 bridgehead atoms. The number of hydrogen-bond donors (Lipinski definition) is 1. The highest BCUT2D eigenvalue weighted by Gasteiger charge is 2.15. The number of carbonyl (C=O) groups excluding carboxylic acids is 1. The predicted octanol–water partition coefficient (Wildman–Crippen LogP) is 4.89. The van der Waals surface area contributed by atoms with E-state index in [9.17, 15) is 4.79 Å². The van der Waals surface area contributed by atoms with E-state index >= 15 is 0 Å². The van der Waals surface area contributed by atoms with Gasteiger partial charge in [-0.05, 0) is 42.8 Å². The van der Waals surface area contributed by atoms with Gasteiger partial charge in [-0.2, -0.15) is 11.8 Å². The third kappa shape index (κ3) is 7.20. The summed E-state index contributed by atoms with van der Waals surface area (Å²) in [5, 5.41) is 3.55. The predicted molar refractivity (Wildman–Crippen MR) is 115 cm³/mol. The molecule has 1 atom stereocenters. The van der Waals surface area contributed by atoms with Crippen molar-refractivity contribution < 1.29 is 14.3 Å². The number of ether oxygens (including phenoxy) is 2. The van der Waals surface area contributed by atoms with Crippen molar-refractivity contribution in [3.63, 3.8) is 0 Å². The zero-order valence-corrected chi connectivity index (χ0v) is 18.0. The second-order valence-electron chi connectivity index (χ2n) is 5.75. The van der Waals surface area contributed by atoms with E-state index in [4.69, 9.17) is 21.1 Å². The topological polar surface area (TPSA) is 47.6 Å². The SMILES string of the molecule is COc1ccc(S[C@@H](C)C(=O)NCCSCc2cccc(Cl)c2)cc1OC. The summed E-state index contributed by atoms with van der Waals surface area (Å²) < 4.78 is 10.5. The van der Waals surface area contributed by atoms with Gasteiger partial charge in [0.1, 0.15) is 0 Å². The van der Waals surface area contributed by atoms with Gasteiger partial charge >= 0.3 is 0 Å². The molecule has 0 heterocycles. The number of hydrogen-bond acceptors (Lipinski definition) is 5. The van der Waals surface area contributed by atoms with Gasteiger partial charge in [0.15, 0.2) is 11.5 Å². The van der Waals surface area contributed by atoms with Crippen LogP contribution < -0.4 is 14.8 Å². The number of amides is 1. The largest absolute Gasteiger partial charge is 0.493 e. The maximum Gasteiger partial charge on any atom is 0.233 e. The number of carbonyl (C=O) groups is 1. The monoisotopic (exact) mass is 425 g/mol. The summed E-state index contributed by atoms with van der Waals surface area (Å²) in [4.78, 5) is 13.3. The van der Waals surface area contributed by atoms with Crippen LogP contribution in [-0.4, -0.2) is 37.7 Å². The molecule has 2 aromatic carbocycles. The highest BCUT2D eigenvalue weighted by molar-refractivity contribution is 8.00. The minimum Gasteiger partial charge on any atom is -0.493 e. The fraction of sp³-hybridized carbons (Fsp3) is 0.350. The second kappa shape index (κ2) is 11.4. The first kappa shape index (κ1) is 21.8. The second-order valence-corrected chi connectivity index (χ2v) is 8.71. The molecule has 0 fully saturated rings. The fourth-order valence-electron chi connectivity index (χ4n) is 2.35. The van der Waals surface area contributed by atoms with Crippen LogP contribution in [0.15, 0.2) is 47.4 Å². The van der Waals surface area contributed by atoms with Crippen LogP contribution in [0.3, 0.4) is 0 Å². The molecule has 1 N–H and O–H groups in total. The first-order chi connectivity index (χ1) is 13.0. The van der Waals surface area contributed by atoms with Gasteiger partial charge in [-0.3, -0.25) is 4.79 Å². The van der Waals surface area contributed by atoms with E-state index in [2.05, 4.69) is 11.4 Å². The van der Waals surface area contributed by atoms with Crippen molar-refractivity contribution in [3.05, 3.63) is 53.1 Å². The summed E-state index contributed by atoms with van der Waals surface area (Å²) in [6.45, 7) is 2.54. The summed E-state index contributed by atoms with van der Waals surface area (Å²) >= 11 is 9.25. The van der Waals surface area contributed by atoms with Crippen LogP contribution in [-0.2, 0) is 10.5 Å². The molecule has 0 saturated heterocycles. The molecule has 1 amide bonds.